The summed E-state index contributed by atoms with van der Waals surface area (Å²) in [5.74, 6) is 1.56. The minimum absolute atomic E-state index is 0.571. The predicted molar refractivity (Wildman–Crippen MR) is 98.9 cm³/mol. The third-order valence-corrected chi connectivity index (χ3v) is 4.79. The van der Waals surface area contributed by atoms with Crippen LogP contribution in [0.5, 0.6) is 11.5 Å². The summed E-state index contributed by atoms with van der Waals surface area (Å²) < 4.78 is 10.7. The van der Waals surface area contributed by atoms with E-state index in [0.717, 1.165) is 37.7 Å². The number of benzene rings is 1. The Morgan fingerprint density at radius 3 is 2.40 bits per heavy atom. The van der Waals surface area contributed by atoms with Gasteiger partial charge in [-0.1, -0.05) is 6.07 Å². The molecule has 0 amide bonds. The average molecular weight is 341 g/mol. The van der Waals surface area contributed by atoms with Crippen LogP contribution >= 0.6 is 0 Å². The first-order valence-corrected chi connectivity index (χ1v) is 8.84. The Morgan fingerprint density at radius 1 is 1.00 bits per heavy atom. The highest BCUT2D eigenvalue weighted by Crippen LogP contribution is 2.27. The van der Waals surface area contributed by atoms with Crippen LogP contribution in [-0.2, 0) is 13.1 Å². The molecule has 0 spiro atoms. The topological polar surface area (TPSA) is 46.6 Å². The van der Waals surface area contributed by atoms with Crippen LogP contribution in [0.4, 0.5) is 0 Å². The molecular weight excluding hydrogens is 314 g/mol. The molecule has 0 bridgehead atoms. The summed E-state index contributed by atoms with van der Waals surface area (Å²) in [5.41, 5.74) is 2.56. The van der Waals surface area contributed by atoms with Gasteiger partial charge in [-0.2, -0.15) is 0 Å². The molecule has 1 fully saturated rings. The second-order valence-corrected chi connectivity index (χ2v) is 6.48. The number of methoxy groups -OCH3 is 2. The van der Waals surface area contributed by atoms with Gasteiger partial charge in [-0.05, 0) is 61.3 Å². The number of ether oxygens (including phenoxy) is 2. The number of hydrogen-bond donors (Lipinski definition) is 1. The zero-order valence-electron chi connectivity index (χ0n) is 15.1. The Morgan fingerprint density at radius 2 is 1.72 bits per heavy atom. The molecule has 0 aliphatic carbocycles. The molecular formula is C20H27N3O2. The van der Waals surface area contributed by atoms with Gasteiger partial charge in [0.25, 0.3) is 0 Å². The van der Waals surface area contributed by atoms with Gasteiger partial charge in [0.2, 0.25) is 0 Å². The average Bonchev–Trinajstić information content (AvgIpc) is 2.68. The van der Waals surface area contributed by atoms with E-state index in [1.165, 1.54) is 24.0 Å². The maximum Gasteiger partial charge on any atom is 0.161 e. The molecule has 2 heterocycles. The van der Waals surface area contributed by atoms with Crippen molar-refractivity contribution in [2.75, 3.05) is 27.3 Å². The molecule has 25 heavy (non-hydrogen) atoms. The molecule has 2 aromatic rings. The number of nitrogens with zero attached hydrogens (tertiary/aromatic N) is 2. The predicted octanol–water partition coefficient (Wildman–Crippen LogP) is 2.85. The van der Waals surface area contributed by atoms with Crippen molar-refractivity contribution in [3.8, 4) is 11.5 Å². The highest BCUT2D eigenvalue weighted by Gasteiger charge is 2.19. The van der Waals surface area contributed by atoms with Crippen molar-refractivity contribution in [3.05, 3.63) is 53.9 Å². The Kier molecular flexibility index (Phi) is 6.25. The first-order valence-electron chi connectivity index (χ1n) is 8.84. The Balaban J connectivity index is 1.45. The quantitative estimate of drug-likeness (QED) is 0.839. The lowest BCUT2D eigenvalue weighted by atomic mass is 10.0. The van der Waals surface area contributed by atoms with E-state index in [0.29, 0.717) is 6.04 Å². The van der Waals surface area contributed by atoms with Crippen LogP contribution in [0.25, 0.3) is 0 Å². The molecule has 1 saturated heterocycles. The maximum atomic E-state index is 5.38. The third kappa shape index (κ3) is 4.94. The van der Waals surface area contributed by atoms with Crippen molar-refractivity contribution in [2.45, 2.75) is 32.0 Å². The van der Waals surface area contributed by atoms with Crippen LogP contribution in [0, 0.1) is 0 Å². The number of rotatable bonds is 7. The SMILES string of the molecule is COc1ccc(CNC2CCN(Cc3ccncc3)CC2)cc1OC. The van der Waals surface area contributed by atoms with Gasteiger partial charge in [-0.15, -0.1) is 0 Å². The minimum atomic E-state index is 0.571. The summed E-state index contributed by atoms with van der Waals surface area (Å²) in [6, 6.07) is 10.9. The third-order valence-electron chi connectivity index (χ3n) is 4.79. The van der Waals surface area contributed by atoms with E-state index in [1.807, 2.05) is 24.5 Å². The zero-order valence-corrected chi connectivity index (χ0v) is 15.1. The molecule has 1 aliphatic heterocycles. The van der Waals surface area contributed by atoms with Crippen molar-refractivity contribution in [1.82, 2.24) is 15.2 Å². The van der Waals surface area contributed by atoms with Crippen molar-refractivity contribution in [3.63, 3.8) is 0 Å². The fourth-order valence-corrected chi connectivity index (χ4v) is 3.29. The van der Waals surface area contributed by atoms with Gasteiger partial charge in [0.05, 0.1) is 14.2 Å². The molecule has 5 heteroatoms. The first kappa shape index (κ1) is 17.7. The van der Waals surface area contributed by atoms with E-state index in [-0.39, 0.29) is 0 Å². The molecule has 0 radical (unpaired) electrons. The van der Waals surface area contributed by atoms with Crippen molar-refractivity contribution < 1.29 is 9.47 Å². The Hall–Kier alpha value is -2.11. The fourth-order valence-electron chi connectivity index (χ4n) is 3.29. The van der Waals surface area contributed by atoms with Crippen LogP contribution in [-0.4, -0.2) is 43.2 Å². The molecule has 3 rings (SSSR count). The Bertz CT molecular complexity index is 655. The molecule has 0 atom stereocenters. The van der Waals surface area contributed by atoms with Crippen LogP contribution in [0.3, 0.4) is 0 Å². The smallest absolute Gasteiger partial charge is 0.161 e. The van der Waals surface area contributed by atoms with Crippen molar-refractivity contribution in [2.24, 2.45) is 0 Å². The van der Waals surface area contributed by atoms with Crippen LogP contribution in [0.15, 0.2) is 42.7 Å². The lowest BCUT2D eigenvalue weighted by Gasteiger charge is -2.32. The Labute approximate surface area is 150 Å². The van der Waals surface area contributed by atoms with Crippen molar-refractivity contribution >= 4 is 0 Å². The molecule has 1 N–H and O–H groups in total. The van der Waals surface area contributed by atoms with E-state index in [1.54, 1.807) is 14.2 Å². The number of pyridine rings is 1. The summed E-state index contributed by atoms with van der Waals surface area (Å²) in [5, 5.41) is 3.68. The summed E-state index contributed by atoms with van der Waals surface area (Å²) in [4.78, 5) is 6.60. The van der Waals surface area contributed by atoms with Gasteiger partial charge in [0, 0.05) is 31.5 Å². The molecule has 1 aromatic carbocycles. The van der Waals surface area contributed by atoms with Gasteiger partial charge in [-0.3, -0.25) is 9.88 Å². The molecule has 5 nitrogen and oxygen atoms in total. The monoisotopic (exact) mass is 341 g/mol. The fraction of sp³-hybridized carbons (Fsp3) is 0.450. The first-order chi connectivity index (χ1) is 12.3. The normalized spacial score (nSPS) is 15.9. The highest BCUT2D eigenvalue weighted by atomic mass is 16.5. The molecule has 134 valence electrons. The molecule has 0 unspecified atom stereocenters. The number of piperidine rings is 1. The van der Waals surface area contributed by atoms with Gasteiger partial charge >= 0.3 is 0 Å². The lowest BCUT2D eigenvalue weighted by Crippen LogP contribution is -2.41. The van der Waals surface area contributed by atoms with E-state index in [2.05, 4.69) is 33.4 Å². The van der Waals surface area contributed by atoms with Gasteiger partial charge in [0.15, 0.2) is 11.5 Å². The molecule has 1 aromatic heterocycles. The van der Waals surface area contributed by atoms with Gasteiger partial charge in [0.1, 0.15) is 0 Å². The maximum absolute atomic E-state index is 5.38. The van der Waals surface area contributed by atoms with Gasteiger partial charge in [-0.25, -0.2) is 0 Å². The number of nitrogens with one attached hydrogen (secondary N) is 1. The summed E-state index contributed by atoms with van der Waals surface area (Å²) >= 11 is 0. The number of likely N-dealkylation sites (tertiary alicyclic amines) is 1. The molecule has 1 aliphatic rings. The number of aromatic nitrogens is 1. The zero-order chi connectivity index (χ0) is 17.5. The van der Waals surface area contributed by atoms with Gasteiger partial charge < -0.3 is 14.8 Å². The number of hydrogen-bond acceptors (Lipinski definition) is 5. The van der Waals surface area contributed by atoms with Crippen LogP contribution < -0.4 is 14.8 Å². The van der Waals surface area contributed by atoms with E-state index in [9.17, 15) is 0 Å². The second-order valence-electron chi connectivity index (χ2n) is 6.48. The van der Waals surface area contributed by atoms with Crippen LogP contribution in [0.1, 0.15) is 24.0 Å². The second kappa shape index (κ2) is 8.83. The summed E-state index contributed by atoms with van der Waals surface area (Å²) in [6.07, 6.45) is 6.09. The summed E-state index contributed by atoms with van der Waals surface area (Å²) in [7, 11) is 3.34. The van der Waals surface area contributed by atoms with Crippen LogP contribution in [0.2, 0.25) is 0 Å². The van der Waals surface area contributed by atoms with E-state index in [4.69, 9.17) is 9.47 Å². The summed E-state index contributed by atoms with van der Waals surface area (Å²) in [6.45, 7) is 4.14. The lowest BCUT2D eigenvalue weighted by molar-refractivity contribution is 0.190. The molecule has 0 saturated carbocycles. The van der Waals surface area contributed by atoms with Crippen molar-refractivity contribution in [1.29, 1.82) is 0 Å². The highest BCUT2D eigenvalue weighted by molar-refractivity contribution is 5.42. The standard InChI is InChI=1S/C20H27N3O2/c1-24-19-4-3-17(13-20(19)25-2)14-22-18-7-11-23(12-8-18)15-16-5-9-21-10-6-16/h3-6,9-10,13,18,22H,7-8,11-12,14-15H2,1-2H3. The largest absolute Gasteiger partial charge is 0.493 e. The minimum Gasteiger partial charge on any atom is -0.493 e. The van der Waals surface area contributed by atoms with E-state index >= 15 is 0 Å². The van der Waals surface area contributed by atoms with E-state index < -0.39 is 0 Å².